The van der Waals surface area contributed by atoms with Gasteiger partial charge in [-0.1, -0.05) is 13.8 Å². The van der Waals surface area contributed by atoms with Crippen LogP contribution in [0.15, 0.2) is 6.07 Å². The molecule has 148 valence electrons. The van der Waals surface area contributed by atoms with Crippen LogP contribution in [0.5, 0.6) is 0 Å². The first-order chi connectivity index (χ1) is 13.3. The van der Waals surface area contributed by atoms with Crippen molar-refractivity contribution < 1.29 is 14.3 Å². The van der Waals surface area contributed by atoms with Crippen LogP contribution in [0.3, 0.4) is 0 Å². The number of nitrogens with two attached hydrogens (primary N) is 1. The van der Waals surface area contributed by atoms with Crippen LogP contribution in [0.4, 0.5) is 4.79 Å². The van der Waals surface area contributed by atoms with Gasteiger partial charge in [0.25, 0.3) is 0 Å². The van der Waals surface area contributed by atoms with E-state index in [0.717, 1.165) is 51.8 Å². The SMILES string of the molecule is CCC(CC)c1cc(C)nn2c(-c3sc(C(=O)OC(N)=O)nc3C)c(C)nc12. The van der Waals surface area contributed by atoms with Gasteiger partial charge in [-0.05, 0) is 45.6 Å². The lowest BCUT2D eigenvalue weighted by atomic mass is 9.95. The molecule has 3 rings (SSSR count). The van der Waals surface area contributed by atoms with Gasteiger partial charge in [-0.3, -0.25) is 0 Å². The Morgan fingerprint density at radius 1 is 1.18 bits per heavy atom. The molecule has 0 spiro atoms. The van der Waals surface area contributed by atoms with E-state index in [4.69, 9.17) is 10.7 Å². The van der Waals surface area contributed by atoms with E-state index in [1.807, 2.05) is 18.4 Å². The second-order valence-corrected chi connectivity index (χ2v) is 7.68. The van der Waals surface area contributed by atoms with E-state index in [1.165, 1.54) is 5.56 Å². The van der Waals surface area contributed by atoms with E-state index >= 15 is 0 Å². The van der Waals surface area contributed by atoms with E-state index in [9.17, 15) is 9.59 Å². The first-order valence-corrected chi connectivity index (χ1v) is 9.94. The predicted octanol–water partition coefficient (Wildman–Crippen LogP) is 3.92. The molecule has 0 aromatic carbocycles. The zero-order chi connectivity index (χ0) is 20.6. The summed E-state index contributed by atoms with van der Waals surface area (Å²) in [4.78, 5) is 32.6. The molecule has 0 atom stereocenters. The second kappa shape index (κ2) is 7.67. The molecular formula is C19H23N5O3S. The van der Waals surface area contributed by atoms with Gasteiger partial charge in [0.05, 0.1) is 22.0 Å². The van der Waals surface area contributed by atoms with Crippen LogP contribution in [0.1, 0.15) is 65.1 Å². The summed E-state index contributed by atoms with van der Waals surface area (Å²) in [6, 6.07) is 2.10. The molecule has 0 radical (unpaired) electrons. The molecule has 0 fully saturated rings. The zero-order valence-electron chi connectivity index (χ0n) is 16.6. The van der Waals surface area contributed by atoms with Crippen molar-refractivity contribution in [3.05, 3.63) is 33.7 Å². The highest BCUT2D eigenvalue weighted by atomic mass is 32.1. The number of imidazole rings is 1. The number of fused-ring (bicyclic) bond motifs is 1. The van der Waals surface area contributed by atoms with Gasteiger partial charge in [0.1, 0.15) is 5.69 Å². The Morgan fingerprint density at radius 2 is 1.86 bits per heavy atom. The van der Waals surface area contributed by atoms with Crippen molar-refractivity contribution in [3.63, 3.8) is 0 Å². The number of hydrogen-bond acceptors (Lipinski definition) is 7. The number of carbonyl (C=O) groups excluding carboxylic acids is 2. The predicted molar refractivity (Wildman–Crippen MR) is 107 cm³/mol. The van der Waals surface area contributed by atoms with Crippen molar-refractivity contribution in [1.82, 2.24) is 19.6 Å². The lowest BCUT2D eigenvalue weighted by molar-refractivity contribution is 0.0637. The standard InChI is InChI=1S/C19H23N5O3S/c1-6-12(7-2)13-8-9(3)23-24-14(10(4)21-16(13)24)15-11(5)22-17(28-15)18(25)27-19(20)26/h8,12H,6-7H2,1-5H3,(H2,20,26). The molecule has 1 amide bonds. The number of aryl methyl sites for hydroxylation is 3. The van der Waals surface area contributed by atoms with Crippen LogP contribution < -0.4 is 5.73 Å². The molecule has 0 aliphatic carbocycles. The second-order valence-electron chi connectivity index (χ2n) is 6.68. The maximum atomic E-state index is 12.0. The summed E-state index contributed by atoms with van der Waals surface area (Å²) < 4.78 is 6.28. The van der Waals surface area contributed by atoms with Crippen LogP contribution in [0.25, 0.3) is 16.2 Å². The third kappa shape index (κ3) is 3.49. The fourth-order valence-corrected chi connectivity index (χ4v) is 4.43. The number of primary amides is 1. The summed E-state index contributed by atoms with van der Waals surface area (Å²) in [6.07, 6.45) is 0.872. The maximum Gasteiger partial charge on any atom is 0.412 e. The lowest BCUT2D eigenvalue weighted by Gasteiger charge is -2.14. The summed E-state index contributed by atoms with van der Waals surface area (Å²) in [6.45, 7) is 10.0. The molecule has 0 saturated carbocycles. The number of nitrogens with zero attached hydrogens (tertiary/aromatic N) is 4. The number of hydrogen-bond donors (Lipinski definition) is 1. The van der Waals surface area contributed by atoms with E-state index in [0.29, 0.717) is 11.6 Å². The van der Waals surface area contributed by atoms with Gasteiger partial charge in [0, 0.05) is 5.56 Å². The molecule has 0 unspecified atom stereocenters. The van der Waals surface area contributed by atoms with Crippen molar-refractivity contribution in [2.75, 3.05) is 0 Å². The van der Waals surface area contributed by atoms with Crippen molar-refractivity contribution in [2.24, 2.45) is 5.73 Å². The minimum absolute atomic E-state index is 0.0634. The van der Waals surface area contributed by atoms with Gasteiger partial charge < -0.3 is 10.5 Å². The zero-order valence-corrected chi connectivity index (χ0v) is 17.4. The number of esters is 1. The number of amides is 1. The average Bonchev–Trinajstić information content (AvgIpc) is 3.14. The minimum atomic E-state index is -1.16. The fraction of sp³-hybridized carbons (Fsp3) is 0.421. The van der Waals surface area contributed by atoms with Crippen LogP contribution in [0, 0.1) is 20.8 Å². The van der Waals surface area contributed by atoms with Gasteiger partial charge in [0.15, 0.2) is 5.65 Å². The van der Waals surface area contributed by atoms with E-state index in [2.05, 4.69) is 34.7 Å². The molecule has 0 aliphatic rings. The molecule has 8 nitrogen and oxygen atoms in total. The quantitative estimate of drug-likeness (QED) is 0.512. The van der Waals surface area contributed by atoms with Gasteiger partial charge in [0.2, 0.25) is 5.01 Å². The van der Waals surface area contributed by atoms with Crippen molar-refractivity contribution in [2.45, 2.75) is 53.4 Å². The highest BCUT2D eigenvalue weighted by Gasteiger charge is 2.24. The highest BCUT2D eigenvalue weighted by Crippen LogP contribution is 2.35. The lowest BCUT2D eigenvalue weighted by Crippen LogP contribution is -2.18. The van der Waals surface area contributed by atoms with Gasteiger partial charge >= 0.3 is 12.1 Å². The van der Waals surface area contributed by atoms with Crippen LogP contribution in [-0.2, 0) is 4.74 Å². The first-order valence-electron chi connectivity index (χ1n) is 9.13. The molecule has 0 bridgehead atoms. The van der Waals surface area contributed by atoms with Crippen LogP contribution >= 0.6 is 11.3 Å². The normalized spacial score (nSPS) is 11.4. The molecule has 0 aliphatic heterocycles. The van der Waals surface area contributed by atoms with E-state index in [-0.39, 0.29) is 5.01 Å². The summed E-state index contributed by atoms with van der Waals surface area (Å²) in [5.41, 5.74) is 10.0. The Labute approximate surface area is 166 Å². The third-order valence-corrected chi connectivity index (χ3v) is 5.86. The molecule has 3 aromatic heterocycles. The molecule has 3 heterocycles. The van der Waals surface area contributed by atoms with Gasteiger partial charge in [-0.2, -0.15) is 5.10 Å². The van der Waals surface area contributed by atoms with Crippen molar-refractivity contribution in [3.8, 4) is 10.6 Å². The fourth-order valence-electron chi connectivity index (χ4n) is 3.41. The van der Waals surface area contributed by atoms with Gasteiger partial charge in [-0.15, -0.1) is 11.3 Å². The van der Waals surface area contributed by atoms with E-state index < -0.39 is 12.1 Å². The first kappa shape index (κ1) is 19.9. The Balaban J connectivity index is 2.20. The Bertz CT molecular complexity index is 1070. The minimum Gasteiger partial charge on any atom is -0.371 e. The van der Waals surface area contributed by atoms with Crippen LogP contribution in [0.2, 0.25) is 0 Å². The summed E-state index contributed by atoms with van der Waals surface area (Å²) in [5.74, 6) is -0.470. The smallest absolute Gasteiger partial charge is 0.371 e. The molecular weight excluding hydrogens is 378 g/mol. The number of aromatic nitrogens is 4. The van der Waals surface area contributed by atoms with Gasteiger partial charge in [-0.25, -0.2) is 24.1 Å². The molecule has 3 aromatic rings. The Morgan fingerprint density at radius 3 is 2.46 bits per heavy atom. The summed E-state index contributed by atoms with van der Waals surface area (Å²) in [7, 11) is 0. The highest BCUT2D eigenvalue weighted by molar-refractivity contribution is 7.17. The monoisotopic (exact) mass is 401 g/mol. The largest absolute Gasteiger partial charge is 0.412 e. The number of thiazole rings is 1. The topological polar surface area (TPSA) is 112 Å². The molecule has 0 saturated heterocycles. The van der Waals surface area contributed by atoms with Crippen LogP contribution in [-0.4, -0.2) is 31.6 Å². The molecule has 2 N–H and O–H groups in total. The Hall–Kier alpha value is -2.81. The number of ether oxygens (including phenoxy) is 1. The molecule has 9 heteroatoms. The number of rotatable bonds is 5. The van der Waals surface area contributed by atoms with E-state index in [1.54, 1.807) is 6.92 Å². The summed E-state index contributed by atoms with van der Waals surface area (Å²) in [5, 5.41) is 4.73. The molecule has 28 heavy (non-hydrogen) atoms. The van der Waals surface area contributed by atoms with Crippen molar-refractivity contribution in [1.29, 1.82) is 0 Å². The Kier molecular flexibility index (Phi) is 5.46. The number of carbonyl (C=O) groups is 2. The third-order valence-electron chi connectivity index (χ3n) is 4.71. The summed E-state index contributed by atoms with van der Waals surface area (Å²) >= 11 is 1.13. The van der Waals surface area contributed by atoms with Crippen molar-refractivity contribution >= 4 is 29.0 Å². The average molecular weight is 401 g/mol. The maximum absolute atomic E-state index is 12.0.